The van der Waals surface area contributed by atoms with E-state index in [-0.39, 0.29) is 6.42 Å². The Balaban J connectivity index is 1.63. The number of carbonyl (C=O) groups is 1. The standard InChI is InChI=1S/C20H34N4O2/c1-23(2)18-10-11-24(13-16(18)8-9-19(25)26)14-17-12-21-22-20(17)15-6-4-3-5-7-15/h12,15-16,18H,3-11,13-14H2,1-2H3,(H,21,22)(H,25,26)/t16-,18+/m0/s1. The van der Waals surface area contributed by atoms with Gasteiger partial charge in [0, 0.05) is 42.7 Å². The average Bonchev–Trinajstić information content (AvgIpc) is 3.08. The van der Waals surface area contributed by atoms with E-state index >= 15 is 0 Å². The highest BCUT2D eigenvalue weighted by molar-refractivity contribution is 5.66. The van der Waals surface area contributed by atoms with Gasteiger partial charge < -0.3 is 10.0 Å². The highest BCUT2D eigenvalue weighted by atomic mass is 16.4. The molecule has 26 heavy (non-hydrogen) atoms. The zero-order chi connectivity index (χ0) is 18.5. The van der Waals surface area contributed by atoms with Crippen LogP contribution in [0, 0.1) is 5.92 Å². The van der Waals surface area contributed by atoms with Crippen molar-refractivity contribution in [3.05, 3.63) is 17.5 Å². The van der Waals surface area contributed by atoms with Crippen molar-refractivity contribution in [2.24, 2.45) is 5.92 Å². The van der Waals surface area contributed by atoms with Crippen LogP contribution >= 0.6 is 0 Å². The van der Waals surface area contributed by atoms with E-state index < -0.39 is 5.97 Å². The lowest BCUT2D eigenvalue weighted by molar-refractivity contribution is -0.137. The Kier molecular flexibility index (Phi) is 6.70. The number of likely N-dealkylation sites (tertiary alicyclic amines) is 1. The molecular weight excluding hydrogens is 328 g/mol. The number of H-pyrrole nitrogens is 1. The molecule has 1 aliphatic heterocycles. The maximum atomic E-state index is 11.0. The molecule has 6 nitrogen and oxygen atoms in total. The fraction of sp³-hybridized carbons (Fsp3) is 0.800. The molecule has 2 N–H and O–H groups in total. The third kappa shape index (κ3) is 4.86. The summed E-state index contributed by atoms with van der Waals surface area (Å²) in [4.78, 5) is 15.8. The van der Waals surface area contributed by atoms with Gasteiger partial charge in [0.2, 0.25) is 0 Å². The Morgan fingerprint density at radius 3 is 2.77 bits per heavy atom. The van der Waals surface area contributed by atoms with Crippen molar-refractivity contribution in [3.63, 3.8) is 0 Å². The summed E-state index contributed by atoms with van der Waals surface area (Å²) in [7, 11) is 4.23. The van der Waals surface area contributed by atoms with Gasteiger partial charge in [-0.25, -0.2) is 0 Å². The predicted octanol–water partition coefficient (Wildman–Crippen LogP) is 3.07. The molecule has 1 aliphatic carbocycles. The van der Waals surface area contributed by atoms with E-state index in [4.69, 9.17) is 5.11 Å². The Hall–Kier alpha value is -1.40. The Bertz CT molecular complexity index is 580. The molecule has 2 heterocycles. The molecule has 1 aromatic rings. The normalized spacial score (nSPS) is 25.7. The number of aromatic nitrogens is 2. The minimum atomic E-state index is -0.686. The van der Waals surface area contributed by atoms with Gasteiger partial charge in [0.25, 0.3) is 0 Å². The third-order valence-electron chi connectivity index (χ3n) is 6.33. The second kappa shape index (κ2) is 9.00. The number of rotatable bonds is 7. The van der Waals surface area contributed by atoms with Crippen LogP contribution < -0.4 is 0 Å². The van der Waals surface area contributed by atoms with E-state index in [1.54, 1.807) is 0 Å². The van der Waals surface area contributed by atoms with E-state index in [0.29, 0.717) is 17.9 Å². The van der Waals surface area contributed by atoms with Crippen LogP contribution in [-0.2, 0) is 11.3 Å². The summed E-state index contributed by atoms with van der Waals surface area (Å²) in [6, 6.07) is 0.479. The zero-order valence-electron chi connectivity index (χ0n) is 16.3. The van der Waals surface area contributed by atoms with Crippen LogP contribution in [0.15, 0.2) is 6.20 Å². The van der Waals surface area contributed by atoms with Crippen molar-refractivity contribution in [2.45, 2.75) is 69.9 Å². The number of hydrogen-bond acceptors (Lipinski definition) is 4. The van der Waals surface area contributed by atoms with Crippen LogP contribution in [0.4, 0.5) is 0 Å². The second-order valence-electron chi connectivity index (χ2n) is 8.39. The molecule has 1 aromatic heterocycles. The molecular formula is C20H34N4O2. The van der Waals surface area contributed by atoms with Crippen LogP contribution in [0.1, 0.15) is 68.5 Å². The van der Waals surface area contributed by atoms with Crippen molar-refractivity contribution in [1.29, 1.82) is 0 Å². The second-order valence-corrected chi connectivity index (χ2v) is 8.39. The van der Waals surface area contributed by atoms with Gasteiger partial charge in [-0.1, -0.05) is 19.3 Å². The number of aromatic amines is 1. The number of aliphatic carboxylic acids is 1. The van der Waals surface area contributed by atoms with Gasteiger partial charge in [0.15, 0.2) is 0 Å². The van der Waals surface area contributed by atoms with Gasteiger partial charge in [0.1, 0.15) is 0 Å². The number of nitrogens with zero attached hydrogens (tertiary/aromatic N) is 3. The smallest absolute Gasteiger partial charge is 0.303 e. The summed E-state index contributed by atoms with van der Waals surface area (Å²) in [6.45, 7) is 2.99. The maximum absolute atomic E-state index is 11.0. The lowest BCUT2D eigenvalue weighted by Gasteiger charge is -2.41. The fourth-order valence-corrected chi connectivity index (χ4v) is 4.94. The van der Waals surface area contributed by atoms with E-state index in [0.717, 1.165) is 32.5 Å². The summed E-state index contributed by atoms with van der Waals surface area (Å²) in [5.41, 5.74) is 2.69. The van der Waals surface area contributed by atoms with Crippen molar-refractivity contribution >= 4 is 5.97 Å². The number of piperidine rings is 1. The van der Waals surface area contributed by atoms with Crippen LogP contribution in [0.25, 0.3) is 0 Å². The van der Waals surface area contributed by atoms with Crippen molar-refractivity contribution in [3.8, 4) is 0 Å². The summed E-state index contributed by atoms with van der Waals surface area (Å²) in [5, 5.41) is 16.7. The molecule has 2 atom stereocenters. The Morgan fingerprint density at radius 2 is 2.08 bits per heavy atom. The molecule has 0 unspecified atom stereocenters. The first kappa shape index (κ1) is 19.4. The number of carboxylic acid groups (broad SMARTS) is 1. The molecule has 0 spiro atoms. The summed E-state index contributed by atoms with van der Waals surface area (Å²) < 4.78 is 0. The average molecular weight is 363 g/mol. The van der Waals surface area contributed by atoms with Crippen LogP contribution in [-0.4, -0.2) is 64.3 Å². The molecule has 0 amide bonds. The molecule has 3 rings (SSSR count). The lowest BCUT2D eigenvalue weighted by atomic mass is 9.85. The predicted molar refractivity (Wildman–Crippen MR) is 102 cm³/mol. The number of carboxylic acids is 1. The van der Waals surface area contributed by atoms with Gasteiger partial charge in [0.05, 0.1) is 6.20 Å². The topological polar surface area (TPSA) is 72.5 Å². The van der Waals surface area contributed by atoms with Crippen molar-refractivity contribution < 1.29 is 9.90 Å². The SMILES string of the molecule is CN(C)[C@@H]1CCN(Cc2cn[nH]c2C2CCCCC2)C[C@@H]1CCC(=O)O. The third-order valence-corrected chi connectivity index (χ3v) is 6.33. The largest absolute Gasteiger partial charge is 0.481 e. The first-order valence-electron chi connectivity index (χ1n) is 10.2. The van der Waals surface area contributed by atoms with Gasteiger partial charge in [-0.15, -0.1) is 0 Å². The molecule has 146 valence electrons. The zero-order valence-corrected chi connectivity index (χ0v) is 16.3. The van der Waals surface area contributed by atoms with Gasteiger partial charge in [-0.3, -0.25) is 14.8 Å². The van der Waals surface area contributed by atoms with Crippen molar-refractivity contribution in [2.75, 3.05) is 27.2 Å². The monoisotopic (exact) mass is 362 g/mol. The summed E-state index contributed by atoms with van der Waals surface area (Å²) in [6.07, 6.45) is 10.7. The summed E-state index contributed by atoms with van der Waals surface area (Å²) >= 11 is 0. The Labute approximate surface area is 156 Å². The molecule has 1 saturated carbocycles. The molecule has 0 aromatic carbocycles. The van der Waals surface area contributed by atoms with Gasteiger partial charge in [-0.05, 0) is 52.2 Å². The summed E-state index contributed by atoms with van der Waals surface area (Å²) in [5.74, 6) is 0.373. The van der Waals surface area contributed by atoms with Gasteiger partial charge in [-0.2, -0.15) is 5.10 Å². The van der Waals surface area contributed by atoms with Gasteiger partial charge >= 0.3 is 5.97 Å². The minimum Gasteiger partial charge on any atom is -0.481 e. The highest BCUT2D eigenvalue weighted by Crippen LogP contribution is 2.34. The van der Waals surface area contributed by atoms with Crippen LogP contribution in [0.2, 0.25) is 0 Å². The van der Waals surface area contributed by atoms with E-state index in [9.17, 15) is 4.79 Å². The molecule has 0 bridgehead atoms. The molecule has 2 aliphatic rings. The first-order chi connectivity index (χ1) is 12.5. The van der Waals surface area contributed by atoms with E-state index in [1.807, 2.05) is 6.20 Å². The Morgan fingerprint density at radius 1 is 1.31 bits per heavy atom. The maximum Gasteiger partial charge on any atom is 0.303 e. The number of hydrogen-bond donors (Lipinski definition) is 2. The van der Waals surface area contributed by atoms with Crippen LogP contribution in [0.3, 0.4) is 0 Å². The molecule has 1 saturated heterocycles. The quantitative estimate of drug-likeness (QED) is 0.780. The first-order valence-corrected chi connectivity index (χ1v) is 10.2. The fourth-order valence-electron chi connectivity index (χ4n) is 4.94. The highest BCUT2D eigenvalue weighted by Gasteiger charge is 2.31. The molecule has 0 radical (unpaired) electrons. The number of nitrogens with one attached hydrogen (secondary N) is 1. The van der Waals surface area contributed by atoms with E-state index in [1.165, 1.54) is 43.4 Å². The lowest BCUT2D eigenvalue weighted by Crippen LogP contribution is -2.48. The minimum absolute atomic E-state index is 0.266. The molecule has 6 heteroatoms. The molecule has 2 fully saturated rings. The van der Waals surface area contributed by atoms with E-state index in [2.05, 4.69) is 34.1 Å². The van der Waals surface area contributed by atoms with Crippen molar-refractivity contribution in [1.82, 2.24) is 20.0 Å². The van der Waals surface area contributed by atoms with Crippen LogP contribution in [0.5, 0.6) is 0 Å².